The van der Waals surface area contributed by atoms with Crippen molar-refractivity contribution in [3.05, 3.63) is 0 Å². The van der Waals surface area contributed by atoms with Gasteiger partial charge in [0.1, 0.15) is 0 Å². The molecule has 0 heterocycles. The lowest BCUT2D eigenvalue weighted by molar-refractivity contribution is 0.101. The minimum absolute atomic E-state index is 0.203. The Hall–Kier alpha value is -0.0800. The monoisotopic (exact) mass is 314 g/mol. The van der Waals surface area contributed by atoms with Crippen LogP contribution in [0.1, 0.15) is 117 Å². The van der Waals surface area contributed by atoms with Crippen molar-refractivity contribution in [1.29, 1.82) is 0 Å². The van der Waals surface area contributed by atoms with E-state index < -0.39 is 0 Å². The lowest BCUT2D eigenvalue weighted by Gasteiger charge is -2.14. The Balaban J connectivity index is 3.31. The van der Waals surface area contributed by atoms with Gasteiger partial charge in [-0.3, -0.25) is 0 Å². The molecule has 0 bridgehead atoms. The van der Waals surface area contributed by atoms with Gasteiger partial charge in [0.25, 0.3) is 0 Å². The average molecular weight is 315 g/mol. The van der Waals surface area contributed by atoms with E-state index in [1.807, 2.05) is 0 Å². The lowest BCUT2D eigenvalue weighted by Crippen LogP contribution is -2.13. The summed E-state index contributed by atoms with van der Waals surface area (Å²) in [6.45, 7) is 4.47. The fourth-order valence-corrected chi connectivity index (χ4v) is 2.99. The van der Waals surface area contributed by atoms with Gasteiger partial charge in [-0.05, 0) is 25.7 Å². The van der Waals surface area contributed by atoms with Crippen molar-refractivity contribution in [2.24, 2.45) is 0 Å². The highest BCUT2D eigenvalue weighted by Crippen LogP contribution is 2.15. The molecule has 0 saturated carbocycles. The van der Waals surface area contributed by atoms with Crippen molar-refractivity contribution in [2.75, 3.05) is 0 Å². The highest BCUT2D eigenvalue weighted by Gasteiger charge is 2.09. The first-order chi connectivity index (χ1) is 10.7. The predicted molar refractivity (Wildman–Crippen MR) is 97.2 cm³/mol. The Morgan fingerprint density at radius 2 is 0.773 bits per heavy atom. The number of rotatable bonds is 17. The summed E-state index contributed by atoms with van der Waals surface area (Å²) in [5.41, 5.74) is 0. The van der Waals surface area contributed by atoms with Gasteiger partial charge in [0.2, 0.25) is 0 Å². The van der Waals surface area contributed by atoms with Crippen LogP contribution in [-0.2, 0) is 0 Å². The molecule has 0 amide bonds. The average Bonchev–Trinajstić information content (AvgIpc) is 2.52. The van der Waals surface area contributed by atoms with Crippen molar-refractivity contribution in [3.63, 3.8) is 0 Å². The maximum absolute atomic E-state index is 9.96. The highest BCUT2D eigenvalue weighted by molar-refractivity contribution is 4.62. The molecule has 0 fully saturated rings. The standard InChI is InChI=1S/C20H42O2/c1-3-5-7-9-11-13-15-19(21)17-18-20(22)16-14-12-10-8-6-4-2/h19-22H,3-18H2,1-2H3. The number of hydrogen-bond donors (Lipinski definition) is 2. The van der Waals surface area contributed by atoms with Crippen LogP contribution in [0.15, 0.2) is 0 Å². The van der Waals surface area contributed by atoms with Gasteiger partial charge in [0.15, 0.2) is 0 Å². The van der Waals surface area contributed by atoms with Crippen LogP contribution in [0.3, 0.4) is 0 Å². The van der Waals surface area contributed by atoms with E-state index in [1.54, 1.807) is 0 Å². The Bertz CT molecular complexity index is 184. The van der Waals surface area contributed by atoms with Gasteiger partial charge in [-0.2, -0.15) is 0 Å². The minimum atomic E-state index is -0.203. The zero-order valence-corrected chi connectivity index (χ0v) is 15.4. The van der Waals surface area contributed by atoms with Crippen LogP contribution in [0.25, 0.3) is 0 Å². The van der Waals surface area contributed by atoms with Crippen molar-refractivity contribution >= 4 is 0 Å². The van der Waals surface area contributed by atoms with Crippen LogP contribution in [0.2, 0.25) is 0 Å². The summed E-state index contributed by atoms with van der Waals surface area (Å²) in [4.78, 5) is 0. The van der Waals surface area contributed by atoms with E-state index in [1.165, 1.54) is 64.2 Å². The summed E-state index contributed by atoms with van der Waals surface area (Å²) in [6.07, 6.45) is 18.3. The quantitative estimate of drug-likeness (QED) is 0.324. The highest BCUT2D eigenvalue weighted by atomic mass is 16.3. The van der Waals surface area contributed by atoms with Crippen LogP contribution >= 0.6 is 0 Å². The van der Waals surface area contributed by atoms with Gasteiger partial charge in [-0.25, -0.2) is 0 Å². The lowest BCUT2D eigenvalue weighted by atomic mass is 10.00. The molecule has 2 atom stereocenters. The predicted octanol–water partition coefficient (Wildman–Crippen LogP) is 5.99. The van der Waals surface area contributed by atoms with Crippen LogP contribution < -0.4 is 0 Å². The molecule has 0 rings (SSSR count). The van der Waals surface area contributed by atoms with Gasteiger partial charge < -0.3 is 10.2 Å². The SMILES string of the molecule is CCCCCCCCC(O)CCC(O)CCCCCCCC. The number of aliphatic hydroxyl groups is 2. The third-order valence-corrected chi connectivity index (χ3v) is 4.61. The molecule has 0 radical (unpaired) electrons. The Kier molecular flexibility index (Phi) is 17.2. The first-order valence-corrected chi connectivity index (χ1v) is 10.1. The van der Waals surface area contributed by atoms with E-state index in [4.69, 9.17) is 0 Å². The maximum Gasteiger partial charge on any atom is 0.0541 e. The Morgan fingerprint density at radius 1 is 0.455 bits per heavy atom. The number of hydrogen-bond acceptors (Lipinski definition) is 2. The van der Waals surface area contributed by atoms with Gasteiger partial charge in [0, 0.05) is 0 Å². The molecule has 0 aromatic rings. The molecule has 0 aliphatic heterocycles. The van der Waals surface area contributed by atoms with E-state index in [2.05, 4.69) is 13.8 Å². The van der Waals surface area contributed by atoms with Crippen molar-refractivity contribution in [1.82, 2.24) is 0 Å². The normalized spacial score (nSPS) is 14.2. The van der Waals surface area contributed by atoms with Gasteiger partial charge >= 0.3 is 0 Å². The fourth-order valence-electron chi connectivity index (χ4n) is 2.99. The molecule has 0 aromatic carbocycles. The number of unbranched alkanes of at least 4 members (excludes halogenated alkanes) is 10. The van der Waals surface area contributed by atoms with E-state index in [0.717, 1.165) is 38.5 Å². The summed E-state index contributed by atoms with van der Waals surface area (Å²) in [5, 5.41) is 19.9. The topological polar surface area (TPSA) is 40.5 Å². The molecule has 0 spiro atoms. The Morgan fingerprint density at radius 3 is 1.14 bits per heavy atom. The minimum Gasteiger partial charge on any atom is -0.393 e. The molecule has 134 valence electrons. The second-order valence-electron chi connectivity index (χ2n) is 7.00. The molecule has 0 saturated heterocycles. The summed E-state index contributed by atoms with van der Waals surface area (Å²) >= 11 is 0. The third-order valence-electron chi connectivity index (χ3n) is 4.61. The first-order valence-electron chi connectivity index (χ1n) is 10.1. The zero-order valence-electron chi connectivity index (χ0n) is 15.4. The second-order valence-corrected chi connectivity index (χ2v) is 7.00. The Labute approximate surface area is 139 Å². The first kappa shape index (κ1) is 21.9. The molecule has 2 heteroatoms. The molecule has 2 nitrogen and oxygen atoms in total. The third kappa shape index (κ3) is 16.3. The van der Waals surface area contributed by atoms with Crippen molar-refractivity contribution in [2.45, 2.75) is 129 Å². The molecule has 0 aliphatic carbocycles. The van der Waals surface area contributed by atoms with Crippen LogP contribution in [0.5, 0.6) is 0 Å². The van der Waals surface area contributed by atoms with E-state index in [9.17, 15) is 10.2 Å². The largest absolute Gasteiger partial charge is 0.393 e. The van der Waals surface area contributed by atoms with E-state index in [0.29, 0.717) is 0 Å². The van der Waals surface area contributed by atoms with Crippen LogP contribution in [0.4, 0.5) is 0 Å². The zero-order chi connectivity index (χ0) is 16.5. The number of aliphatic hydroxyl groups excluding tert-OH is 2. The molecule has 2 N–H and O–H groups in total. The maximum atomic E-state index is 9.96. The molecular weight excluding hydrogens is 272 g/mol. The van der Waals surface area contributed by atoms with E-state index in [-0.39, 0.29) is 12.2 Å². The molecule has 0 aromatic heterocycles. The van der Waals surface area contributed by atoms with Gasteiger partial charge in [-0.1, -0.05) is 90.9 Å². The molecular formula is C20H42O2. The smallest absolute Gasteiger partial charge is 0.0541 e. The van der Waals surface area contributed by atoms with Crippen LogP contribution in [-0.4, -0.2) is 22.4 Å². The summed E-state index contributed by atoms with van der Waals surface area (Å²) in [5.74, 6) is 0. The second kappa shape index (κ2) is 17.3. The molecule has 22 heavy (non-hydrogen) atoms. The van der Waals surface area contributed by atoms with Gasteiger partial charge in [0.05, 0.1) is 12.2 Å². The summed E-state index contributed by atoms with van der Waals surface area (Å²) in [7, 11) is 0. The summed E-state index contributed by atoms with van der Waals surface area (Å²) in [6, 6.07) is 0. The molecule has 0 aliphatic rings. The molecule has 2 unspecified atom stereocenters. The van der Waals surface area contributed by atoms with Gasteiger partial charge in [-0.15, -0.1) is 0 Å². The fraction of sp³-hybridized carbons (Fsp3) is 1.00. The van der Waals surface area contributed by atoms with Crippen molar-refractivity contribution < 1.29 is 10.2 Å². The van der Waals surface area contributed by atoms with Crippen molar-refractivity contribution in [3.8, 4) is 0 Å². The van der Waals surface area contributed by atoms with Crippen LogP contribution in [0, 0.1) is 0 Å². The van der Waals surface area contributed by atoms with E-state index >= 15 is 0 Å². The summed E-state index contributed by atoms with van der Waals surface area (Å²) < 4.78 is 0.